The Labute approximate surface area is 112 Å². The second-order valence-corrected chi connectivity index (χ2v) is 5.43. The molecule has 2 N–H and O–H groups in total. The molecule has 0 saturated carbocycles. The number of hydrogen-bond acceptors (Lipinski definition) is 2. The summed E-state index contributed by atoms with van der Waals surface area (Å²) in [6.07, 6.45) is 4.82. The fourth-order valence-corrected chi connectivity index (χ4v) is 2.36. The molecular weight excluding hydrogens is 220 g/mol. The van der Waals surface area contributed by atoms with Crippen LogP contribution >= 0.6 is 0 Å². The quantitative estimate of drug-likeness (QED) is 0.748. The van der Waals surface area contributed by atoms with Crippen LogP contribution in [-0.2, 0) is 6.42 Å². The Morgan fingerprint density at radius 2 is 2.00 bits per heavy atom. The van der Waals surface area contributed by atoms with Gasteiger partial charge >= 0.3 is 0 Å². The van der Waals surface area contributed by atoms with Crippen molar-refractivity contribution in [3.63, 3.8) is 0 Å². The van der Waals surface area contributed by atoms with Crippen LogP contribution in [0.5, 0.6) is 0 Å². The zero-order valence-corrected chi connectivity index (χ0v) is 12.4. The number of rotatable bonds is 7. The molecule has 0 aliphatic rings. The molecule has 0 spiro atoms. The van der Waals surface area contributed by atoms with E-state index in [1.165, 1.54) is 36.1 Å². The lowest BCUT2D eigenvalue weighted by Gasteiger charge is -2.22. The standard InChI is InChI=1S/C16H28N2/c1-5-6-7-10-18(4)16-9-8-15(11-13(16)2)12-14(3)17/h8-9,11,14H,5-7,10,12,17H2,1-4H3. The predicted molar refractivity (Wildman–Crippen MR) is 81.3 cm³/mol. The van der Waals surface area contributed by atoms with Gasteiger partial charge in [-0.05, 0) is 43.9 Å². The van der Waals surface area contributed by atoms with Gasteiger partial charge in [-0.15, -0.1) is 0 Å². The average Bonchev–Trinajstić information content (AvgIpc) is 2.28. The topological polar surface area (TPSA) is 29.3 Å². The lowest BCUT2D eigenvalue weighted by Crippen LogP contribution is -2.20. The molecular formula is C16H28N2. The monoisotopic (exact) mass is 248 g/mol. The minimum Gasteiger partial charge on any atom is -0.374 e. The van der Waals surface area contributed by atoms with Crippen LogP contribution in [0, 0.1) is 6.92 Å². The highest BCUT2D eigenvalue weighted by molar-refractivity contribution is 5.53. The lowest BCUT2D eigenvalue weighted by molar-refractivity contribution is 0.704. The molecule has 0 heterocycles. The first-order valence-electron chi connectivity index (χ1n) is 7.10. The summed E-state index contributed by atoms with van der Waals surface area (Å²) in [6.45, 7) is 7.63. The van der Waals surface area contributed by atoms with E-state index in [9.17, 15) is 0 Å². The smallest absolute Gasteiger partial charge is 0.0393 e. The fourth-order valence-electron chi connectivity index (χ4n) is 2.36. The molecule has 0 aliphatic heterocycles. The number of nitrogens with two attached hydrogens (primary N) is 1. The van der Waals surface area contributed by atoms with E-state index < -0.39 is 0 Å². The molecule has 1 aromatic carbocycles. The summed E-state index contributed by atoms with van der Waals surface area (Å²) < 4.78 is 0. The molecule has 0 aromatic heterocycles. The fraction of sp³-hybridized carbons (Fsp3) is 0.625. The van der Waals surface area contributed by atoms with Crippen molar-refractivity contribution in [3.8, 4) is 0 Å². The lowest BCUT2D eigenvalue weighted by atomic mass is 10.0. The average molecular weight is 248 g/mol. The van der Waals surface area contributed by atoms with E-state index in [2.05, 4.69) is 50.9 Å². The molecule has 2 heteroatoms. The molecule has 0 bridgehead atoms. The highest BCUT2D eigenvalue weighted by atomic mass is 15.1. The normalized spacial score (nSPS) is 12.5. The maximum absolute atomic E-state index is 5.84. The van der Waals surface area contributed by atoms with Crippen LogP contribution < -0.4 is 10.6 Å². The van der Waals surface area contributed by atoms with Gasteiger partial charge in [-0.25, -0.2) is 0 Å². The van der Waals surface area contributed by atoms with Gasteiger partial charge in [0.25, 0.3) is 0 Å². The first kappa shape index (κ1) is 15.0. The number of benzene rings is 1. The maximum atomic E-state index is 5.84. The molecule has 0 aliphatic carbocycles. The van der Waals surface area contributed by atoms with E-state index >= 15 is 0 Å². The first-order valence-corrected chi connectivity index (χ1v) is 7.10. The van der Waals surface area contributed by atoms with Crippen molar-refractivity contribution in [2.24, 2.45) is 5.73 Å². The van der Waals surface area contributed by atoms with Crippen LogP contribution in [0.15, 0.2) is 18.2 Å². The van der Waals surface area contributed by atoms with Crippen LogP contribution in [0.4, 0.5) is 5.69 Å². The number of aryl methyl sites for hydroxylation is 1. The van der Waals surface area contributed by atoms with Crippen molar-refractivity contribution < 1.29 is 0 Å². The molecule has 0 radical (unpaired) electrons. The highest BCUT2D eigenvalue weighted by Crippen LogP contribution is 2.21. The highest BCUT2D eigenvalue weighted by Gasteiger charge is 2.06. The van der Waals surface area contributed by atoms with Crippen molar-refractivity contribution >= 4 is 5.69 Å². The third-order valence-corrected chi connectivity index (χ3v) is 3.33. The molecule has 18 heavy (non-hydrogen) atoms. The van der Waals surface area contributed by atoms with Crippen LogP contribution in [0.1, 0.15) is 44.2 Å². The molecule has 0 amide bonds. The molecule has 0 saturated heterocycles. The third kappa shape index (κ3) is 4.69. The van der Waals surface area contributed by atoms with E-state index in [1.807, 2.05) is 0 Å². The Morgan fingerprint density at radius 1 is 1.28 bits per heavy atom. The summed E-state index contributed by atoms with van der Waals surface area (Å²) in [5.74, 6) is 0. The van der Waals surface area contributed by atoms with Crippen LogP contribution in [0.2, 0.25) is 0 Å². The van der Waals surface area contributed by atoms with E-state index in [4.69, 9.17) is 5.73 Å². The van der Waals surface area contributed by atoms with Crippen molar-refractivity contribution in [1.82, 2.24) is 0 Å². The van der Waals surface area contributed by atoms with Gasteiger partial charge in [-0.3, -0.25) is 0 Å². The summed E-state index contributed by atoms with van der Waals surface area (Å²) in [4.78, 5) is 2.36. The zero-order chi connectivity index (χ0) is 13.5. The van der Waals surface area contributed by atoms with E-state index in [0.29, 0.717) is 0 Å². The number of anilines is 1. The van der Waals surface area contributed by atoms with E-state index in [-0.39, 0.29) is 6.04 Å². The van der Waals surface area contributed by atoms with Gasteiger partial charge in [-0.1, -0.05) is 31.9 Å². The molecule has 0 fully saturated rings. The number of unbranched alkanes of at least 4 members (excludes halogenated alkanes) is 2. The summed E-state index contributed by atoms with van der Waals surface area (Å²) >= 11 is 0. The maximum Gasteiger partial charge on any atom is 0.0393 e. The Morgan fingerprint density at radius 3 is 2.56 bits per heavy atom. The Bertz CT molecular complexity index is 358. The molecule has 1 rings (SSSR count). The summed E-state index contributed by atoms with van der Waals surface area (Å²) in [5.41, 5.74) is 9.88. The van der Waals surface area contributed by atoms with Gasteiger partial charge in [0.15, 0.2) is 0 Å². The van der Waals surface area contributed by atoms with Gasteiger partial charge in [0.2, 0.25) is 0 Å². The Hall–Kier alpha value is -1.02. The summed E-state index contributed by atoms with van der Waals surface area (Å²) in [6, 6.07) is 6.95. The Balaban J connectivity index is 2.66. The van der Waals surface area contributed by atoms with Gasteiger partial charge in [0, 0.05) is 25.3 Å². The van der Waals surface area contributed by atoms with Crippen molar-refractivity contribution in [2.75, 3.05) is 18.5 Å². The van der Waals surface area contributed by atoms with Crippen LogP contribution in [0.3, 0.4) is 0 Å². The van der Waals surface area contributed by atoms with E-state index in [0.717, 1.165) is 13.0 Å². The number of hydrogen-bond donors (Lipinski definition) is 1. The van der Waals surface area contributed by atoms with Gasteiger partial charge in [-0.2, -0.15) is 0 Å². The predicted octanol–water partition coefficient (Wildman–Crippen LogP) is 3.51. The summed E-state index contributed by atoms with van der Waals surface area (Å²) in [5, 5.41) is 0. The Kier molecular flexibility index (Phi) is 6.20. The molecule has 1 atom stereocenters. The minimum atomic E-state index is 0.234. The largest absolute Gasteiger partial charge is 0.374 e. The van der Waals surface area contributed by atoms with Crippen LogP contribution in [-0.4, -0.2) is 19.6 Å². The van der Waals surface area contributed by atoms with Crippen LogP contribution in [0.25, 0.3) is 0 Å². The van der Waals surface area contributed by atoms with E-state index in [1.54, 1.807) is 0 Å². The molecule has 102 valence electrons. The second-order valence-electron chi connectivity index (χ2n) is 5.43. The first-order chi connectivity index (χ1) is 8.54. The van der Waals surface area contributed by atoms with Crippen molar-refractivity contribution in [3.05, 3.63) is 29.3 Å². The summed E-state index contributed by atoms with van der Waals surface area (Å²) in [7, 11) is 2.18. The van der Waals surface area contributed by atoms with Gasteiger partial charge in [0.1, 0.15) is 0 Å². The molecule has 2 nitrogen and oxygen atoms in total. The van der Waals surface area contributed by atoms with Gasteiger partial charge in [0.05, 0.1) is 0 Å². The zero-order valence-electron chi connectivity index (χ0n) is 12.4. The van der Waals surface area contributed by atoms with Gasteiger partial charge < -0.3 is 10.6 Å². The SMILES string of the molecule is CCCCCN(C)c1ccc(CC(C)N)cc1C. The molecule has 1 aromatic rings. The minimum absolute atomic E-state index is 0.234. The third-order valence-electron chi connectivity index (χ3n) is 3.33. The van der Waals surface area contributed by atoms with Crippen molar-refractivity contribution in [1.29, 1.82) is 0 Å². The van der Waals surface area contributed by atoms with Crippen molar-refractivity contribution in [2.45, 2.75) is 52.5 Å². The second kappa shape index (κ2) is 7.42. The number of nitrogens with zero attached hydrogens (tertiary/aromatic N) is 1. The molecule has 1 unspecified atom stereocenters.